The van der Waals surface area contributed by atoms with Gasteiger partial charge in [0.25, 0.3) is 0 Å². The van der Waals surface area contributed by atoms with Crippen molar-refractivity contribution in [3.63, 3.8) is 0 Å². The minimum Gasteiger partial charge on any atom is -0.325 e. The van der Waals surface area contributed by atoms with Gasteiger partial charge in [-0.3, -0.25) is 4.79 Å². The van der Waals surface area contributed by atoms with Crippen LogP contribution in [-0.2, 0) is 17.6 Å². The summed E-state index contributed by atoms with van der Waals surface area (Å²) >= 11 is 0. The lowest BCUT2D eigenvalue weighted by molar-refractivity contribution is -0.118. The molecule has 3 rings (SSSR count). The third kappa shape index (κ3) is 2.15. The minimum atomic E-state index is -0.0294. The van der Waals surface area contributed by atoms with Crippen LogP contribution in [0.2, 0.25) is 0 Å². The molecule has 2 aliphatic rings. The standard InChI is InChI=1S/C15H20N2O/c1-10-7-8-16-14(10)15(18)17-13-6-5-11-3-2-4-12(11)9-13/h5-6,9-10,14,16H,2-4,7-8H2,1H3,(H,17,18). The molecule has 96 valence electrons. The maximum Gasteiger partial charge on any atom is 0.241 e. The molecule has 18 heavy (non-hydrogen) atoms. The normalized spacial score (nSPS) is 26.1. The van der Waals surface area contributed by atoms with E-state index >= 15 is 0 Å². The number of hydrogen-bond acceptors (Lipinski definition) is 2. The summed E-state index contributed by atoms with van der Waals surface area (Å²) in [5.74, 6) is 0.539. The number of aryl methyl sites for hydroxylation is 2. The molecular formula is C15H20N2O. The third-order valence-corrected chi connectivity index (χ3v) is 4.18. The molecule has 0 saturated carbocycles. The highest BCUT2D eigenvalue weighted by molar-refractivity contribution is 5.95. The van der Waals surface area contributed by atoms with E-state index in [0.717, 1.165) is 25.1 Å². The van der Waals surface area contributed by atoms with E-state index in [-0.39, 0.29) is 11.9 Å². The first-order valence-electron chi connectivity index (χ1n) is 6.90. The molecule has 1 fully saturated rings. The van der Waals surface area contributed by atoms with E-state index in [2.05, 4.69) is 29.7 Å². The van der Waals surface area contributed by atoms with E-state index in [1.54, 1.807) is 0 Å². The van der Waals surface area contributed by atoms with Gasteiger partial charge in [-0.05, 0) is 61.4 Å². The van der Waals surface area contributed by atoms with Crippen molar-refractivity contribution in [2.75, 3.05) is 11.9 Å². The molecule has 1 aliphatic carbocycles. The number of carbonyl (C=O) groups is 1. The van der Waals surface area contributed by atoms with Crippen molar-refractivity contribution in [3.05, 3.63) is 29.3 Å². The predicted molar refractivity (Wildman–Crippen MR) is 72.7 cm³/mol. The van der Waals surface area contributed by atoms with Crippen molar-refractivity contribution in [2.45, 2.75) is 38.6 Å². The Morgan fingerprint density at radius 2 is 2.17 bits per heavy atom. The lowest BCUT2D eigenvalue weighted by atomic mass is 10.0. The number of benzene rings is 1. The third-order valence-electron chi connectivity index (χ3n) is 4.18. The lowest BCUT2D eigenvalue weighted by Gasteiger charge is -2.16. The highest BCUT2D eigenvalue weighted by Gasteiger charge is 2.29. The fourth-order valence-corrected chi connectivity index (χ4v) is 3.06. The molecule has 0 radical (unpaired) electrons. The van der Waals surface area contributed by atoms with Crippen LogP contribution in [0.25, 0.3) is 0 Å². The van der Waals surface area contributed by atoms with Crippen LogP contribution >= 0.6 is 0 Å². The van der Waals surface area contributed by atoms with Crippen LogP contribution in [0.4, 0.5) is 5.69 Å². The number of hydrogen-bond donors (Lipinski definition) is 2. The Morgan fingerprint density at radius 3 is 2.94 bits per heavy atom. The summed E-state index contributed by atoms with van der Waals surface area (Å²) in [6, 6.07) is 6.29. The molecule has 0 aromatic heterocycles. The van der Waals surface area contributed by atoms with Crippen molar-refractivity contribution in [3.8, 4) is 0 Å². The van der Waals surface area contributed by atoms with Gasteiger partial charge in [0.1, 0.15) is 0 Å². The molecule has 1 aliphatic heterocycles. The smallest absolute Gasteiger partial charge is 0.241 e. The number of nitrogens with one attached hydrogen (secondary N) is 2. The molecule has 2 N–H and O–H groups in total. The van der Waals surface area contributed by atoms with Crippen molar-refractivity contribution < 1.29 is 4.79 Å². The summed E-state index contributed by atoms with van der Waals surface area (Å²) in [6.45, 7) is 3.08. The van der Waals surface area contributed by atoms with Crippen molar-refractivity contribution in [1.29, 1.82) is 0 Å². The van der Waals surface area contributed by atoms with Gasteiger partial charge >= 0.3 is 0 Å². The largest absolute Gasteiger partial charge is 0.325 e. The SMILES string of the molecule is CC1CCNC1C(=O)Nc1ccc2c(c1)CCC2. The summed E-state index contributed by atoms with van der Waals surface area (Å²) in [7, 11) is 0. The van der Waals surface area contributed by atoms with E-state index in [4.69, 9.17) is 0 Å². The quantitative estimate of drug-likeness (QED) is 0.836. The van der Waals surface area contributed by atoms with Gasteiger partial charge < -0.3 is 10.6 Å². The van der Waals surface area contributed by atoms with Crippen LogP contribution in [0.3, 0.4) is 0 Å². The summed E-state index contributed by atoms with van der Waals surface area (Å²) < 4.78 is 0. The first kappa shape index (κ1) is 11.7. The van der Waals surface area contributed by atoms with Gasteiger partial charge in [-0.2, -0.15) is 0 Å². The molecule has 2 unspecified atom stereocenters. The molecule has 0 bridgehead atoms. The Balaban J connectivity index is 1.71. The molecule has 1 aromatic carbocycles. The molecule has 1 heterocycles. The molecule has 1 aromatic rings. The van der Waals surface area contributed by atoms with Crippen LogP contribution in [0.15, 0.2) is 18.2 Å². The monoisotopic (exact) mass is 244 g/mol. The summed E-state index contributed by atoms with van der Waals surface area (Å²) in [6.07, 6.45) is 4.66. The van der Waals surface area contributed by atoms with E-state index in [1.807, 2.05) is 6.07 Å². The second-order valence-electron chi connectivity index (χ2n) is 5.52. The Kier molecular flexibility index (Phi) is 3.08. The van der Waals surface area contributed by atoms with E-state index in [1.165, 1.54) is 24.0 Å². The van der Waals surface area contributed by atoms with Gasteiger partial charge in [-0.25, -0.2) is 0 Å². The number of rotatable bonds is 2. The van der Waals surface area contributed by atoms with Crippen LogP contribution in [0.1, 0.15) is 30.9 Å². The number of amides is 1. The minimum absolute atomic E-state index is 0.0294. The number of carbonyl (C=O) groups excluding carboxylic acids is 1. The summed E-state index contributed by atoms with van der Waals surface area (Å²) in [5.41, 5.74) is 3.79. The maximum atomic E-state index is 12.2. The predicted octanol–water partition coefficient (Wildman–Crippen LogP) is 2.11. The average molecular weight is 244 g/mol. The van der Waals surface area contributed by atoms with Gasteiger partial charge in [0.15, 0.2) is 0 Å². The highest BCUT2D eigenvalue weighted by atomic mass is 16.2. The van der Waals surface area contributed by atoms with Crippen molar-refractivity contribution in [1.82, 2.24) is 5.32 Å². The zero-order valence-electron chi connectivity index (χ0n) is 10.8. The molecule has 0 spiro atoms. The van der Waals surface area contributed by atoms with E-state index < -0.39 is 0 Å². The molecular weight excluding hydrogens is 224 g/mol. The van der Waals surface area contributed by atoms with Crippen LogP contribution in [0, 0.1) is 5.92 Å². The van der Waals surface area contributed by atoms with Gasteiger partial charge in [0.05, 0.1) is 6.04 Å². The molecule has 1 amide bonds. The Hall–Kier alpha value is -1.35. The van der Waals surface area contributed by atoms with Crippen LogP contribution in [-0.4, -0.2) is 18.5 Å². The van der Waals surface area contributed by atoms with Crippen molar-refractivity contribution >= 4 is 11.6 Å². The summed E-state index contributed by atoms with van der Waals surface area (Å²) in [5, 5.41) is 6.31. The topological polar surface area (TPSA) is 41.1 Å². The number of anilines is 1. The maximum absolute atomic E-state index is 12.2. The highest BCUT2D eigenvalue weighted by Crippen LogP contribution is 2.25. The second-order valence-corrected chi connectivity index (χ2v) is 5.52. The van der Waals surface area contributed by atoms with Gasteiger partial charge in [0.2, 0.25) is 5.91 Å². The first-order chi connectivity index (χ1) is 8.74. The molecule has 2 atom stereocenters. The lowest BCUT2D eigenvalue weighted by Crippen LogP contribution is -2.39. The molecule has 3 heteroatoms. The first-order valence-corrected chi connectivity index (χ1v) is 6.90. The number of fused-ring (bicyclic) bond motifs is 1. The summed E-state index contributed by atoms with van der Waals surface area (Å²) in [4.78, 5) is 12.2. The van der Waals surface area contributed by atoms with Crippen molar-refractivity contribution in [2.24, 2.45) is 5.92 Å². The van der Waals surface area contributed by atoms with Gasteiger partial charge in [-0.1, -0.05) is 13.0 Å². The fourth-order valence-electron chi connectivity index (χ4n) is 3.06. The Morgan fingerprint density at radius 1 is 1.33 bits per heavy atom. The zero-order chi connectivity index (χ0) is 12.5. The van der Waals surface area contributed by atoms with E-state index in [0.29, 0.717) is 5.92 Å². The Bertz CT molecular complexity index is 470. The molecule has 3 nitrogen and oxygen atoms in total. The van der Waals surface area contributed by atoms with Gasteiger partial charge in [0, 0.05) is 5.69 Å². The van der Waals surface area contributed by atoms with Gasteiger partial charge in [-0.15, -0.1) is 0 Å². The van der Waals surface area contributed by atoms with Crippen LogP contribution in [0.5, 0.6) is 0 Å². The fraction of sp³-hybridized carbons (Fsp3) is 0.533. The molecule has 1 saturated heterocycles. The van der Waals surface area contributed by atoms with Crippen LogP contribution < -0.4 is 10.6 Å². The Labute approximate surface area is 108 Å². The van der Waals surface area contributed by atoms with E-state index in [9.17, 15) is 4.79 Å². The second kappa shape index (κ2) is 4.73. The zero-order valence-corrected chi connectivity index (χ0v) is 10.8. The average Bonchev–Trinajstić information content (AvgIpc) is 2.96.